The van der Waals surface area contributed by atoms with Crippen molar-refractivity contribution in [1.29, 1.82) is 0 Å². The Morgan fingerprint density at radius 2 is 1.91 bits per heavy atom. The van der Waals surface area contributed by atoms with Crippen molar-refractivity contribution in [3.8, 4) is 11.3 Å². The van der Waals surface area contributed by atoms with Crippen molar-refractivity contribution in [2.75, 3.05) is 5.73 Å². The largest absolute Gasteiger partial charge is 0.384 e. The smallest absolute Gasteiger partial charge is 0.183 e. The number of benzene rings is 1. The van der Waals surface area contributed by atoms with Crippen LogP contribution >= 0.6 is 12.4 Å². The van der Waals surface area contributed by atoms with Gasteiger partial charge in [0, 0.05) is 17.5 Å². The Bertz CT molecular complexity index is 858. The van der Waals surface area contributed by atoms with Crippen LogP contribution in [0.5, 0.6) is 0 Å². The number of nitrogens with zero attached hydrogens (tertiary/aromatic N) is 2. The van der Waals surface area contributed by atoms with Crippen LogP contribution in [-0.2, 0) is 17.8 Å². The Hall–Kier alpha value is -2.11. The second kappa shape index (κ2) is 5.51. The number of rotatable bonds is 1. The molecule has 3 aromatic rings. The van der Waals surface area contributed by atoms with Crippen LogP contribution in [0.2, 0.25) is 0 Å². The Morgan fingerprint density at radius 3 is 2.65 bits per heavy atom. The molecule has 0 unspecified atom stereocenters. The summed E-state index contributed by atoms with van der Waals surface area (Å²) < 4.78 is 6.01. The molecule has 0 saturated heterocycles. The van der Waals surface area contributed by atoms with E-state index >= 15 is 0 Å². The third-order valence-corrected chi connectivity index (χ3v) is 4.20. The second-order valence-corrected chi connectivity index (χ2v) is 6.34. The van der Waals surface area contributed by atoms with Gasteiger partial charge in [-0.05, 0) is 19.4 Å². The molecule has 2 aromatic heterocycles. The van der Waals surface area contributed by atoms with Crippen molar-refractivity contribution in [2.45, 2.75) is 32.5 Å². The molecule has 120 valence electrons. The summed E-state index contributed by atoms with van der Waals surface area (Å²) in [6.45, 7) is 4.74. The highest BCUT2D eigenvalue weighted by atomic mass is 35.5. The molecule has 0 bridgehead atoms. The molecule has 1 aliphatic rings. The first-order valence-corrected chi connectivity index (χ1v) is 7.40. The number of nitrogens with two attached hydrogens (primary N) is 1. The summed E-state index contributed by atoms with van der Waals surface area (Å²) in [5.74, 6) is 0.580. The maximum Gasteiger partial charge on any atom is 0.183 e. The number of hydrogen-bond donors (Lipinski definition) is 2. The van der Waals surface area contributed by atoms with Crippen LogP contribution in [0.4, 0.5) is 5.82 Å². The summed E-state index contributed by atoms with van der Waals surface area (Å²) in [4.78, 5) is 4.72. The minimum Gasteiger partial charge on any atom is -0.384 e. The number of pyridine rings is 1. The van der Waals surface area contributed by atoms with E-state index in [1.54, 1.807) is 0 Å². The first-order valence-electron chi connectivity index (χ1n) is 7.40. The maximum atomic E-state index is 6.08. The molecule has 0 spiro atoms. The lowest BCUT2D eigenvalue weighted by molar-refractivity contribution is -0.0395. The molecule has 6 heteroatoms. The van der Waals surface area contributed by atoms with Gasteiger partial charge in [0.2, 0.25) is 0 Å². The van der Waals surface area contributed by atoms with Crippen LogP contribution < -0.4 is 5.73 Å². The molecule has 0 fully saturated rings. The summed E-state index contributed by atoms with van der Waals surface area (Å²) in [6, 6.07) is 10.1. The zero-order chi connectivity index (χ0) is 15.3. The predicted molar refractivity (Wildman–Crippen MR) is 93.6 cm³/mol. The van der Waals surface area contributed by atoms with E-state index in [2.05, 4.69) is 36.2 Å². The third kappa shape index (κ3) is 2.56. The molecule has 0 aliphatic carbocycles. The Morgan fingerprint density at radius 1 is 1.17 bits per heavy atom. The highest BCUT2D eigenvalue weighted by Crippen LogP contribution is 2.38. The SMILES string of the molecule is CC1(C)Cc2c(c(-c3ccccc3)nc3n[nH]c(N)c23)CO1.Cl. The van der Waals surface area contributed by atoms with E-state index in [1.807, 2.05) is 18.2 Å². The van der Waals surface area contributed by atoms with Gasteiger partial charge in [-0.1, -0.05) is 30.3 Å². The van der Waals surface area contributed by atoms with Gasteiger partial charge in [-0.3, -0.25) is 5.10 Å². The lowest BCUT2D eigenvalue weighted by atomic mass is 9.88. The molecule has 1 aromatic carbocycles. The molecule has 5 nitrogen and oxygen atoms in total. The van der Waals surface area contributed by atoms with Crippen LogP contribution in [0.1, 0.15) is 25.0 Å². The van der Waals surface area contributed by atoms with Crippen molar-refractivity contribution in [3.63, 3.8) is 0 Å². The topological polar surface area (TPSA) is 76.8 Å². The summed E-state index contributed by atoms with van der Waals surface area (Å²) in [7, 11) is 0. The van der Waals surface area contributed by atoms with Crippen molar-refractivity contribution in [3.05, 3.63) is 41.5 Å². The summed E-state index contributed by atoms with van der Waals surface area (Å²) in [6.07, 6.45) is 0.797. The first kappa shape index (κ1) is 15.8. The minimum atomic E-state index is -0.209. The number of hydrogen-bond acceptors (Lipinski definition) is 4. The van der Waals surface area contributed by atoms with Gasteiger partial charge in [0.05, 0.1) is 23.3 Å². The van der Waals surface area contributed by atoms with Crippen molar-refractivity contribution in [2.24, 2.45) is 0 Å². The Balaban J connectivity index is 0.00000156. The zero-order valence-electron chi connectivity index (χ0n) is 13.1. The van der Waals surface area contributed by atoms with E-state index in [4.69, 9.17) is 15.5 Å². The van der Waals surface area contributed by atoms with Crippen LogP contribution in [0, 0.1) is 0 Å². The lowest BCUT2D eigenvalue weighted by Gasteiger charge is -2.33. The molecule has 0 amide bonds. The highest BCUT2D eigenvalue weighted by Gasteiger charge is 2.31. The van der Waals surface area contributed by atoms with E-state index in [-0.39, 0.29) is 18.0 Å². The van der Waals surface area contributed by atoms with Gasteiger partial charge in [0.25, 0.3) is 0 Å². The summed E-state index contributed by atoms with van der Waals surface area (Å²) in [5, 5.41) is 8.05. The van der Waals surface area contributed by atoms with Gasteiger partial charge in [0.15, 0.2) is 5.65 Å². The lowest BCUT2D eigenvalue weighted by Crippen LogP contribution is -2.32. The molecular weight excluding hydrogens is 312 g/mol. The molecule has 3 N–H and O–H groups in total. The number of nitrogen functional groups attached to an aromatic ring is 1. The predicted octanol–water partition coefficient (Wildman–Crippen LogP) is 3.48. The number of anilines is 1. The van der Waals surface area contributed by atoms with Crippen LogP contribution in [-0.4, -0.2) is 20.8 Å². The van der Waals surface area contributed by atoms with E-state index in [0.717, 1.165) is 28.6 Å². The average Bonchev–Trinajstić information content (AvgIpc) is 2.88. The molecule has 0 saturated carbocycles. The van der Waals surface area contributed by atoms with E-state index in [9.17, 15) is 0 Å². The minimum absolute atomic E-state index is 0. The summed E-state index contributed by atoms with van der Waals surface area (Å²) >= 11 is 0. The fourth-order valence-electron chi connectivity index (χ4n) is 3.12. The third-order valence-electron chi connectivity index (χ3n) is 4.20. The van der Waals surface area contributed by atoms with Crippen LogP contribution in [0.25, 0.3) is 22.3 Å². The molecule has 3 heterocycles. The first-order chi connectivity index (χ1) is 10.6. The number of nitrogens with one attached hydrogen (secondary N) is 1. The fraction of sp³-hybridized carbons (Fsp3) is 0.294. The average molecular weight is 331 g/mol. The van der Waals surface area contributed by atoms with Gasteiger partial charge in [0.1, 0.15) is 5.82 Å². The number of fused-ring (bicyclic) bond motifs is 3. The fourth-order valence-corrected chi connectivity index (χ4v) is 3.12. The van der Waals surface area contributed by atoms with Gasteiger partial charge in [-0.25, -0.2) is 4.98 Å². The molecular formula is C17H19ClN4O. The molecule has 0 atom stereocenters. The normalized spacial score (nSPS) is 15.9. The highest BCUT2D eigenvalue weighted by molar-refractivity contribution is 5.93. The number of ether oxygens (including phenoxy) is 1. The summed E-state index contributed by atoms with van der Waals surface area (Å²) in [5.41, 5.74) is 10.9. The molecule has 4 rings (SSSR count). The molecule has 1 aliphatic heterocycles. The van der Waals surface area contributed by atoms with Crippen molar-refractivity contribution in [1.82, 2.24) is 15.2 Å². The number of halogens is 1. The van der Waals surface area contributed by atoms with E-state index < -0.39 is 0 Å². The number of aromatic amines is 1. The maximum absolute atomic E-state index is 6.08. The zero-order valence-corrected chi connectivity index (χ0v) is 13.9. The Labute approximate surface area is 140 Å². The van der Waals surface area contributed by atoms with Gasteiger partial charge in [-0.15, -0.1) is 12.4 Å². The van der Waals surface area contributed by atoms with Crippen molar-refractivity contribution >= 4 is 29.3 Å². The van der Waals surface area contributed by atoms with E-state index in [1.165, 1.54) is 5.56 Å². The second-order valence-electron chi connectivity index (χ2n) is 6.34. The Kier molecular flexibility index (Phi) is 3.78. The van der Waals surface area contributed by atoms with Crippen LogP contribution in [0.15, 0.2) is 30.3 Å². The van der Waals surface area contributed by atoms with Gasteiger partial charge >= 0.3 is 0 Å². The molecule has 23 heavy (non-hydrogen) atoms. The van der Waals surface area contributed by atoms with Crippen LogP contribution in [0.3, 0.4) is 0 Å². The van der Waals surface area contributed by atoms with Crippen molar-refractivity contribution < 1.29 is 4.74 Å². The quantitative estimate of drug-likeness (QED) is 0.716. The number of aromatic nitrogens is 3. The van der Waals surface area contributed by atoms with E-state index in [0.29, 0.717) is 18.1 Å². The monoisotopic (exact) mass is 330 g/mol. The number of H-pyrrole nitrogens is 1. The molecule has 0 radical (unpaired) electrons. The van der Waals surface area contributed by atoms with Gasteiger partial charge in [-0.2, -0.15) is 5.10 Å². The van der Waals surface area contributed by atoms with Gasteiger partial charge < -0.3 is 10.5 Å². The standard InChI is InChI=1S/C17H18N4O.ClH/c1-17(2)8-11-12(9-22-17)14(10-6-4-3-5-7-10)19-16-13(11)15(18)20-21-16;/h3-7H,8-9H2,1-2H3,(H3,18,19,20,21);1H.